The third-order valence-electron chi connectivity index (χ3n) is 4.77. The topological polar surface area (TPSA) is 52.6 Å². The Balaban J connectivity index is 2.99. The zero-order valence-electron chi connectivity index (χ0n) is 15.6. The Morgan fingerprint density at radius 2 is 1.36 bits per heavy atom. The Hall–Kier alpha value is -0.626. The van der Waals surface area contributed by atoms with Crippen molar-refractivity contribution >= 4 is 28.6 Å². The molecule has 1 aliphatic rings. The molecule has 2 atom stereocenters. The van der Waals surface area contributed by atoms with E-state index < -0.39 is 27.5 Å². The van der Waals surface area contributed by atoms with Gasteiger partial charge in [0.05, 0.1) is 11.3 Å². The smallest absolute Gasteiger partial charge is 0.299 e. The number of rotatable bonds is 4. The fourth-order valence-corrected chi connectivity index (χ4v) is 4.57. The van der Waals surface area contributed by atoms with Crippen LogP contribution in [0.25, 0.3) is 0 Å². The molecule has 2 unspecified atom stereocenters. The number of hydrogen-bond acceptors (Lipinski definition) is 4. The molecular formula is C16H32O4Si2. The molecule has 0 aliphatic heterocycles. The van der Waals surface area contributed by atoms with E-state index in [4.69, 9.17) is 8.85 Å². The van der Waals surface area contributed by atoms with Crippen LogP contribution in [-0.4, -0.2) is 28.6 Å². The SMILES string of the molecule is CC1(C(=O)O[Si](C)(C)C)CCC(C(=O)O[Si](C)(C)C)C1(C)C. The van der Waals surface area contributed by atoms with Gasteiger partial charge in [0.15, 0.2) is 0 Å². The van der Waals surface area contributed by atoms with E-state index in [1.54, 1.807) is 0 Å². The molecule has 1 fully saturated rings. The van der Waals surface area contributed by atoms with Crippen molar-refractivity contribution in [1.82, 2.24) is 0 Å². The summed E-state index contributed by atoms with van der Waals surface area (Å²) in [4.78, 5) is 25.3. The third kappa shape index (κ3) is 4.01. The van der Waals surface area contributed by atoms with Crippen molar-refractivity contribution in [1.29, 1.82) is 0 Å². The highest BCUT2D eigenvalue weighted by Crippen LogP contribution is 2.57. The Kier molecular flexibility index (Phi) is 5.10. The van der Waals surface area contributed by atoms with Crippen LogP contribution in [0.3, 0.4) is 0 Å². The molecule has 4 nitrogen and oxygen atoms in total. The van der Waals surface area contributed by atoms with Gasteiger partial charge >= 0.3 is 0 Å². The van der Waals surface area contributed by atoms with Crippen LogP contribution in [-0.2, 0) is 18.4 Å². The van der Waals surface area contributed by atoms with Gasteiger partial charge in [-0.25, -0.2) is 0 Å². The number of hydrogen-bond donors (Lipinski definition) is 0. The summed E-state index contributed by atoms with van der Waals surface area (Å²) in [6.07, 6.45) is 1.36. The first-order valence-corrected chi connectivity index (χ1v) is 14.9. The second-order valence-electron chi connectivity index (χ2n) is 9.18. The van der Waals surface area contributed by atoms with Crippen molar-refractivity contribution in [3.63, 3.8) is 0 Å². The third-order valence-corrected chi connectivity index (χ3v) is 6.38. The van der Waals surface area contributed by atoms with E-state index in [2.05, 4.69) is 0 Å². The summed E-state index contributed by atoms with van der Waals surface area (Å²) >= 11 is 0. The van der Waals surface area contributed by atoms with Crippen molar-refractivity contribution in [2.24, 2.45) is 16.7 Å². The van der Waals surface area contributed by atoms with Crippen molar-refractivity contribution in [3.05, 3.63) is 0 Å². The number of carbonyl (C=O) groups is 2. The lowest BCUT2D eigenvalue weighted by Gasteiger charge is -2.40. The quantitative estimate of drug-likeness (QED) is 0.718. The lowest BCUT2D eigenvalue weighted by Crippen LogP contribution is -2.47. The first-order valence-electron chi connectivity index (χ1n) is 8.06. The second kappa shape index (κ2) is 5.78. The van der Waals surface area contributed by atoms with E-state index in [0.29, 0.717) is 12.8 Å². The molecule has 0 aromatic rings. The molecule has 1 rings (SSSR count). The van der Waals surface area contributed by atoms with E-state index in [1.165, 1.54) is 0 Å². The molecule has 6 heteroatoms. The van der Waals surface area contributed by atoms with Gasteiger partial charge < -0.3 is 8.85 Å². The summed E-state index contributed by atoms with van der Waals surface area (Å²) < 4.78 is 11.4. The first-order chi connectivity index (χ1) is 9.60. The van der Waals surface area contributed by atoms with Crippen LogP contribution in [0.4, 0.5) is 0 Å². The Morgan fingerprint density at radius 3 is 1.77 bits per heavy atom. The van der Waals surface area contributed by atoms with E-state index in [9.17, 15) is 9.59 Å². The lowest BCUT2D eigenvalue weighted by atomic mass is 9.66. The highest BCUT2D eigenvalue weighted by Gasteiger charge is 2.60. The average Bonchev–Trinajstić information content (AvgIpc) is 2.46. The van der Waals surface area contributed by atoms with Crippen LogP contribution >= 0.6 is 0 Å². The highest BCUT2D eigenvalue weighted by atomic mass is 28.4. The van der Waals surface area contributed by atoms with E-state index in [0.717, 1.165) is 0 Å². The largest absolute Gasteiger partial charge is 0.520 e. The summed E-state index contributed by atoms with van der Waals surface area (Å²) in [5.74, 6) is -0.535. The van der Waals surface area contributed by atoms with Crippen LogP contribution in [0.15, 0.2) is 0 Å². The van der Waals surface area contributed by atoms with Gasteiger partial charge in [-0.1, -0.05) is 13.8 Å². The summed E-state index contributed by atoms with van der Waals surface area (Å²) in [5, 5.41) is 0. The van der Waals surface area contributed by atoms with Gasteiger partial charge in [0.2, 0.25) is 16.6 Å². The maximum atomic E-state index is 12.7. The maximum absolute atomic E-state index is 12.7. The standard InChI is InChI=1S/C16H32O4Si2/c1-15(2)12(13(17)19-21(4,5)6)10-11-16(15,3)14(18)20-22(7,8)9/h12H,10-11H2,1-9H3. The van der Waals surface area contributed by atoms with Gasteiger partial charge in [0.25, 0.3) is 11.9 Å². The Bertz CT molecular complexity index is 460. The van der Waals surface area contributed by atoms with Crippen LogP contribution in [0, 0.1) is 16.7 Å². The van der Waals surface area contributed by atoms with Crippen molar-refractivity contribution < 1.29 is 18.4 Å². The van der Waals surface area contributed by atoms with Crippen LogP contribution in [0.5, 0.6) is 0 Å². The fourth-order valence-electron chi connectivity index (χ4n) is 3.04. The molecule has 0 bridgehead atoms. The molecule has 0 amide bonds. The van der Waals surface area contributed by atoms with Crippen LogP contribution in [0.2, 0.25) is 39.3 Å². The van der Waals surface area contributed by atoms with Gasteiger partial charge in [-0.2, -0.15) is 0 Å². The molecule has 0 N–H and O–H groups in total. The zero-order valence-corrected chi connectivity index (χ0v) is 17.6. The molecule has 0 radical (unpaired) electrons. The minimum atomic E-state index is -1.94. The molecular weight excluding hydrogens is 312 g/mol. The minimum absolute atomic E-state index is 0.145. The monoisotopic (exact) mass is 344 g/mol. The summed E-state index contributed by atoms with van der Waals surface area (Å²) in [6, 6.07) is 0. The van der Waals surface area contributed by atoms with Crippen molar-refractivity contribution in [2.75, 3.05) is 0 Å². The van der Waals surface area contributed by atoms with Gasteiger partial charge in [0, 0.05) is 0 Å². The number of carbonyl (C=O) groups excluding carboxylic acids is 2. The predicted molar refractivity (Wildman–Crippen MR) is 93.5 cm³/mol. The van der Waals surface area contributed by atoms with Crippen molar-refractivity contribution in [3.8, 4) is 0 Å². The zero-order chi connectivity index (χ0) is 17.6. The average molecular weight is 345 g/mol. The fraction of sp³-hybridized carbons (Fsp3) is 0.875. The van der Waals surface area contributed by atoms with Crippen LogP contribution < -0.4 is 0 Å². The van der Waals surface area contributed by atoms with Crippen molar-refractivity contribution in [2.45, 2.75) is 72.9 Å². The normalized spacial score (nSPS) is 28.3. The molecule has 0 aromatic carbocycles. The highest BCUT2D eigenvalue weighted by molar-refractivity contribution is 6.71. The molecule has 0 spiro atoms. The van der Waals surface area contributed by atoms with Gasteiger partial charge in [-0.15, -0.1) is 0 Å². The van der Waals surface area contributed by atoms with Gasteiger partial charge in [-0.3, -0.25) is 9.59 Å². The van der Waals surface area contributed by atoms with E-state index in [1.807, 2.05) is 60.1 Å². The molecule has 128 valence electrons. The Morgan fingerprint density at radius 1 is 0.909 bits per heavy atom. The van der Waals surface area contributed by atoms with Gasteiger partial charge in [-0.05, 0) is 64.5 Å². The Labute approximate surface area is 137 Å². The predicted octanol–water partition coefficient (Wildman–Crippen LogP) is 4.19. The minimum Gasteiger partial charge on any atom is -0.520 e. The molecule has 1 saturated carbocycles. The maximum Gasteiger partial charge on any atom is 0.299 e. The molecule has 1 aliphatic carbocycles. The van der Waals surface area contributed by atoms with E-state index in [-0.39, 0.29) is 17.9 Å². The summed E-state index contributed by atoms with van der Waals surface area (Å²) in [6.45, 7) is 18.0. The van der Waals surface area contributed by atoms with Gasteiger partial charge in [0.1, 0.15) is 0 Å². The molecule has 0 heterocycles. The second-order valence-corrected chi connectivity index (χ2v) is 18.0. The summed E-state index contributed by atoms with van der Waals surface area (Å²) in [7, 11) is -3.86. The lowest BCUT2D eigenvalue weighted by molar-refractivity contribution is -0.155. The first kappa shape index (κ1) is 19.4. The molecule has 0 saturated heterocycles. The van der Waals surface area contributed by atoms with E-state index >= 15 is 0 Å². The molecule has 22 heavy (non-hydrogen) atoms. The summed E-state index contributed by atoms with van der Waals surface area (Å²) in [5.41, 5.74) is -1.09. The van der Waals surface area contributed by atoms with Crippen LogP contribution in [0.1, 0.15) is 33.6 Å². The molecule has 0 aromatic heterocycles.